The largest absolute Gasteiger partial charge is 0.493 e. The van der Waals surface area contributed by atoms with Crippen molar-refractivity contribution in [1.29, 1.82) is 5.26 Å². The molecule has 0 unspecified atom stereocenters. The van der Waals surface area contributed by atoms with Crippen molar-refractivity contribution in [2.75, 3.05) is 13.2 Å². The average Bonchev–Trinajstić information content (AvgIpc) is 3.58. The summed E-state index contributed by atoms with van der Waals surface area (Å²) in [6.07, 6.45) is -0.231. The third-order valence-corrected chi connectivity index (χ3v) is 5.90. The molecule has 2 heterocycles. The lowest BCUT2D eigenvalue weighted by atomic mass is 10.1. The Morgan fingerprint density at radius 2 is 1.86 bits per heavy atom. The first-order valence-electron chi connectivity index (χ1n) is 11.0. The molecule has 1 saturated carbocycles. The number of halogens is 3. The number of hydrogen-bond donors (Lipinski definition) is 2. The molecule has 184 valence electrons. The number of ether oxygens (including phenoxy) is 3. The van der Waals surface area contributed by atoms with Crippen molar-refractivity contribution in [3.05, 3.63) is 58.1 Å². The van der Waals surface area contributed by atoms with Crippen LogP contribution in [0.25, 0.3) is 0 Å². The molecule has 2 amide bonds. The SMILES string of the molecule is N#CC1(NC(=O)O[C@H]2Cc3ccc(c(Cl)c3)OCCCCOc3ccc(F)c(F)c3C(=O)N2)CC1. The van der Waals surface area contributed by atoms with Gasteiger partial charge < -0.3 is 24.8 Å². The van der Waals surface area contributed by atoms with E-state index in [-0.39, 0.29) is 18.8 Å². The van der Waals surface area contributed by atoms with Crippen molar-refractivity contribution in [2.24, 2.45) is 0 Å². The zero-order valence-corrected chi connectivity index (χ0v) is 19.3. The van der Waals surface area contributed by atoms with Crippen molar-refractivity contribution in [3.63, 3.8) is 0 Å². The number of nitrogens with one attached hydrogen (secondary N) is 2. The van der Waals surface area contributed by atoms with Crippen LogP contribution < -0.4 is 20.1 Å². The van der Waals surface area contributed by atoms with Gasteiger partial charge in [0, 0.05) is 6.42 Å². The Kier molecular flexibility index (Phi) is 7.26. The molecular formula is C24H22ClF2N3O5. The summed E-state index contributed by atoms with van der Waals surface area (Å²) in [5.74, 6) is -3.33. The molecule has 1 fully saturated rings. The molecule has 1 atom stereocenters. The van der Waals surface area contributed by atoms with E-state index < -0.39 is 41.0 Å². The molecule has 5 rings (SSSR count). The maximum atomic E-state index is 14.7. The molecule has 0 saturated heterocycles. The van der Waals surface area contributed by atoms with E-state index in [0.717, 1.165) is 12.1 Å². The van der Waals surface area contributed by atoms with Gasteiger partial charge in [0.05, 0.1) is 24.3 Å². The fraction of sp³-hybridized carbons (Fsp3) is 0.375. The summed E-state index contributed by atoms with van der Waals surface area (Å²) < 4.78 is 45.2. The number of carbonyl (C=O) groups is 2. The van der Waals surface area contributed by atoms with E-state index in [9.17, 15) is 23.6 Å². The Balaban J connectivity index is 1.64. The van der Waals surface area contributed by atoms with Crippen molar-refractivity contribution in [3.8, 4) is 17.6 Å². The maximum Gasteiger partial charge on any atom is 0.410 e. The Hall–Kier alpha value is -3.58. The van der Waals surface area contributed by atoms with Crippen LogP contribution in [-0.2, 0) is 11.2 Å². The molecule has 11 heteroatoms. The fourth-order valence-electron chi connectivity index (χ4n) is 3.52. The van der Waals surface area contributed by atoms with Gasteiger partial charge in [-0.2, -0.15) is 5.26 Å². The summed E-state index contributed by atoms with van der Waals surface area (Å²) in [5, 5.41) is 14.4. The van der Waals surface area contributed by atoms with Gasteiger partial charge in [0.2, 0.25) is 0 Å². The van der Waals surface area contributed by atoms with Crippen molar-refractivity contribution >= 4 is 23.6 Å². The molecule has 8 nitrogen and oxygen atoms in total. The smallest absolute Gasteiger partial charge is 0.410 e. The van der Waals surface area contributed by atoms with E-state index in [2.05, 4.69) is 10.6 Å². The second-order valence-electron chi connectivity index (χ2n) is 8.29. The highest BCUT2D eigenvalue weighted by Crippen LogP contribution is 2.34. The lowest BCUT2D eigenvalue weighted by molar-refractivity contribution is 0.0618. The Labute approximate surface area is 205 Å². The number of rotatable bonds is 2. The number of alkyl carbamates (subject to hydrolysis) is 1. The maximum absolute atomic E-state index is 14.7. The number of fused-ring (bicyclic) bond motifs is 10. The molecule has 0 spiro atoms. The van der Waals surface area contributed by atoms with Gasteiger partial charge in [-0.3, -0.25) is 4.79 Å². The minimum absolute atomic E-state index is 0.0498. The van der Waals surface area contributed by atoms with E-state index in [1.54, 1.807) is 18.2 Å². The van der Waals surface area contributed by atoms with Crippen LogP contribution in [0, 0.1) is 23.0 Å². The molecule has 0 radical (unpaired) electrons. The summed E-state index contributed by atoms with van der Waals surface area (Å²) in [7, 11) is 0. The van der Waals surface area contributed by atoms with Crippen molar-refractivity contribution < 1.29 is 32.6 Å². The number of benzene rings is 2. The minimum Gasteiger partial charge on any atom is -0.493 e. The van der Waals surface area contributed by atoms with Gasteiger partial charge >= 0.3 is 6.09 Å². The van der Waals surface area contributed by atoms with Crippen LogP contribution in [0.3, 0.4) is 0 Å². The fourth-order valence-corrected chi connectivity index (χ4v) is 3.78. The second kappa shape index (κ2) is 10.4. The van der Waals surface area contributed by atoms with Gasteiger partial charge in [-0.15, -0.1) is 0 Å². The molecule has 0 aromatic heterocycles. The van der Waals surface area contributed by atoms with Crippen LogP contribution >= 0.6 is 11.6 Å². The molecule has 2 aliphatic heterocycles. The zero-order chi connectivity index (χ0) is 25.0. The monoisotopic (exact) mass is 505 g/mol. The first-order valence-corrected chi connectivity index (χ1v) is 11.4. The number of carbonyl (C=O) groups excluding carboxylic acids is 2. The molecule has 2 aromatic carbocycles. The van der Waals surface area contributed by atoms with Gasteiger partial charge in [-0.05, 0) is 55.5 Å². The van der Waals surface area contributed by atoms with Gasteiger partial charge in [0.25, 0.3) is 5.91 Å². The number of nitriles is 1. The molecular weight excluding hydrogens is 484 g/mol. The Morgan fingerprint density at radius 3 is 2.51 bits per heavy atom. The summed E-state index contributed by atoms with van der Waals surface area (Å²) in [6, 6.07) is 8.96. The van der Waals surface area contributed by atoms with E-state index in [1.807, 2.05) is 6.07 Å². The lowest BCUT2D eigenvalue weighted by Gasteiger charge is -2.22. The first-order chi connectivity index (χ1) is 16.8. The average molecular weight is 506 g/mol. The van der Waals surface area contributed by atoms with E-state index >= 15 is 0 Å². The molecule has 2 bridgehead atoms. The molecule has 3 aliphatic rings. The molecule has 2 aromatic rings. The third-order valence-electron chi connectivity index (χ3n) is 5.60. The normalized spacial score (nSPS) is 19.3. The number of amides is 2. The topological polar surface area (TPSA) is 110 Å². The van der Waals surface area contributed by atoms with E-state index in [1.165, 1.54) is 0 Å². The minimum atomic E-state index is -1.39. The van der Waals surface area contributed by atoms with Crippen LogP contribution in [0.5, 0.6) is 11.5 Å². The van der Waals surface area contributed by atoms with Gasteiger partial charge in [0.1, 0.15) is 22.6 Å². The van der Waals surface area contributed by atoms with Crippen LogP contribution in [0.1, 0.15) is 41.6 Å². The number of hydrogen-bond acceptors (Lipinski definition) is 6. The molecule has 2 N–H and O–H groups in total. The summed E-state index contributed by atoms with van der Waals surface area (Å²) in [6.45, 7) is 0.472. The second-order valence-corrected chi connectivity index (χ2v) is 8.70. The van der Waals surface area contributed by atoms with Gasteiger partial charge in [-0.1, -0.05) is 17.7 Å². The quantitative estimate of drug-likeness (QED) is 0.631. The predicted octanol–water partition coefficient (Wildman–Crippen LogP) is 4.25. The lowest BCUT2D eigenvalue weighted by Crippen LogP contribution is -2.45. The molecule has 1 aliphatic carbocycles. The summed E-state index contributed by atoms with van der Waals surface area (Å²) in [4.78, 5) is 25.5. The van der Waals surface area contributed by atoms with Crippen molar-refractivity contribution in [2.45, 2.75) is 43.9 Å². The highest BCUT2D eigenvalue weighted by atomic mass is 35.5. The van der Waals surface area contributed by atoms with Gasteiger partial charge in [-0.25, -0.2) is 13.6 Å². The van der Waals surface area contributed by atoms with Crippen LogP contribution in [0.15, 0.2) is 30.3 Å². The van der Waals surface area contributed by atoms with Crippen LogP contribution in [0.4, 0.5) is 13.6 Å². The Morgan fingerprint density at radius 1 is 1.17 bits per heavy atom. The summed E-state index contributed by atoms with van der Waals surface area (Å²) in [5.41, 5.74) is -1.08. The van der Waals surface area contributed by atoms with Crippen LogP contribution in [-0.4, -0.2) is 37.0 Å². The summed E-state index contributed by atoms with van der Waals surface area (Å²) >= 11 is 6.31. The Bertz CT molecular complexity index is 1180. The van der Waals surface area contributed by atoms with Gasteiger partial charge in [0.15, 0.2) is 17.9 Å². The standard InChI is InChI=1S/C24H22ClF2N3O5/c25-15-11-14-3-5-17(15)33-9-1-2-10-34-18-6-4-16(26)21(27)20(18)22(31)29-19(12-14)35-23(32)30-24(13-28)7-8-24/h3-6,11,19H,1-2,7-10,12H2,(H,29,31)(H,30,32)/t19-/m0/s1. The number of nitrogens with zero attached hydrogens (tertiary/aromatic N) is 1. The van der Waals surface area contributed by atoms with E-state index in [4.69, 9.17) is 25.8 Å². The first kappa shape index (κ1) is 24.5. The van der Waals surface area contributed by atoms with Crippen LogP contribution in [0.2, 0.25) is 5.02 Å². The zero-order valence-electron chi connectivity index (χ0n) is 18.5. The highest BCUT2D eigenvalue weighted by molar-refractivity contribution is 6.32. The third kappa shape index (κ3) is 5.92. The predicted molar refractivity (Wildman–Crippen MR) is 120 cm³/mol. The van der Waals surface area contributed by atoms with E-state index in [0.29, 0.717) is 48.6 Å². The molecule has 35 heavy (non-hydrogen) atoms. The highest BCUT2D eigenvalue weighted by Gasteiger charge is 2.45. The van der Waals surface area contributed by atoms with Crippen molar-refractivity contribution in [1.82, 2.24) is 10.6 Å².